The second kappa shape index (κ2) is 10.9. The minimum atomic E-state index is -0.595. The summed E-state index contributed by atoms with van der Waals surface area (Å²) in [6.07, 6.45) is 2.10. The maximum Gasteiger partial charge on any atom is 0.379 e. The van der Waals surface area contributed by atoms with Gasteiger partial charge in [-0.15, -0.1) is 0 Å². The van der Waals surface area contributed by atoms with E-state index < -0.39 is 5.97 Å². The van der Waals surface area contributed by atoms with Crippen LogP contribution in [0.25, 0.3) is 21.9 Å². The van der Waals surface area contributed by atoms with Crippen LogP contribution in [0.4, 0.5) is 0 Å². The van der Waals surface area contributed by atoms with Crippen molar-refractivity contribution in [3.8, 4) is 22.9 Å². The van der Waals surface area contributed by atoms with E-state index in [2.05, 4.69) is 16.6 Å². The number of carbonyl (C=O) groups excluding carboxylic acids is 2. The van der Waals surface area contributed by atoms with Gasteiger partial charge in [0.15, 0.2) is 0 Å². The van der Waals surface area contributed by atoms with Gasteiger partial charge in [-0.25, -0.2) is 10.2 Å². The van der Waals surface area contributed by atoms with Crippen LogP contribution < -0.4 is 10.2 Å². The van der Waals surface area contributed by atoms with Gasteiger partial charge >= 0.3 is 5.97 Å². The van der Waals surface area contributed by atoms with Crippen LogP contribution >= 0.6 is 0 Å². The van der Waals surface area contributed by atoms with E-state index in [9.17, 15) is 9.59 Å². The van der Waals surface area contributed by atoms with E-state index >= 15 is 0 Å². The van der Waals surface area contributed by atoms with Gasteiger partial charge in [0.25, 0.3) is 5.91 Å². The first-order valence-corrected chi connectivity index (χ1v) is 13.3. The Hall–Kier alpha value is -5.48. The third-order valence-electron chi connectivity index (χ3n) is 7.25. The Morgan fingerprint density at radius 1 is 0.902 bits per heavy atom. The molecule has 1 aliphatic carbocycles. The van der Waals surface area contributed by atoms with E-state index in [0.29, 0.717) is 46.8 Å². The quantitative estimate of drug-likeness (QED) is 0.148. The lowest BCUT2D eigenvalue weighted by Gasteiger charge is -2.13. The molecule has 1 aromatic heterocycles. The second-order valence-electron chi connectivity index (χ2n) is 9.84. The second-order valence-corrected chi connectivity index (χ2v) is 9.84. The highest BCUT2D eigenvalue weighted by Crippen LogP contribution is 2.31. The molecule has 1 N–H and O–H groups in total. The normalized spacial score (nSPS) is 13.4. The number of fused-ring (bicyclic) bond motifs is 2. The van der Waals surface area contributed by atoms with Crippen molar-refractivity contribution in [1.29, 1.82) is 5.26 Å². The van der Waals surface area contributed by atoms with Crippen LogP contribution in [-0.2, 0) is 6.42 Å². The molecule has 6 rings (SSSR count). The number of nitrogens with zero attached hydrogens (tertiary/aromatic N) is 2. The molecule has 0 radical (unpaired) electrons. The molecule has 0 spiro atoms. The predicted octanol–water partition coefficient (Wildman–Crippen LogP) is 6.97. The molecule has 0 saturated carbocycles. The molecular formula is C34H25N3O4. The summed E-state index contributed by atoms with van der Waals surface area (Å²) < 4.78 is 11.6. The minimum absolute atomic E-state index is 0.126. The molecule has 1 aliphatic rings. The van der Waals surface area contributed by atoms with Crippen molar-refractivity contribution in [3.05, 3.63) is 125 Å². The number of hydrazone groups is 1. The number of carbonyl (C=O) groups is 2. The van der Waals surface area contributed by atoms with Crippen molar-refractivity contribution in [2.45, 2.75) is 26.2 Å². The Labute approximate surface area is 236 Å². The van der Waals surface area contributed by atoms with Gasteiger partial charge in [-0.3, -0.25) is 4.79 Å². The largest absolute Gasteiger partial charge is 0.453 e. The molecule has 7 heteroatoms. The van der Waals surface area contributed by atoms with Crippen LogP contribution in [0.15, 0.2) is 101 Å². The minimum Gasteiger partial charge on any atom is -0.453 e. The van der Waals surface area contributed by atoms with Gasteiger partial charge in [-0.2, -0.15) is 10.4 Å². The van der Waals surface area contributed by atoms with Gasteiger partial charge in [0.2, 0.25) is 5.76 Å². The summed E-state index contributed by atoms with van der Waals surface area (Å²) >= 11 is 0. The topological polar surface area (TPSA) is 105 Å². The molecule has 1 amide bonds. The summed E-state index contributed by atoms with van der Waals surface area (Å²) in [4.78, 5) is 26.1. The molecule has 41 heavy (non-hydrogen) atoms. The first-order valence-electron chi connectivity index (χ1n) is 13.3. The van der Waals surface area contributed by atoms with Gasteiger partial charge in [0.1, 0.15) is 11.5 Å². The van der Waals surface area contributed by atoms with Gasteiger partial charge < -0.3 is 9.15 Å². The summed E-state index contributed by atoms with van der Waals surface area (Å²) in [5.41, 5.74) is 7.79. The fourth-order valence-electron chi connectivity index (χ4n) is 5.18. The van der Waals surface area contributed by atoms with Crippen LogP contribution in [-0.4, -0.2) is 17.6 Å². The summed E-state index contributed by atoms with van der Waals surface area (Å²) in [6.45, 7) is 1.81. The molecule has 0 unspecified atom stereocenters. The van der Waals surface area contributed by atoms with Gasteiger partial charge in [0, 0.05) is 23.1 Å². The lowest BCUT2D eigenvalue weighted by molar-refractivity contribution is 0.0698. The fraction of sp³-hybridized carbons (Fsp3) is 0.118. The first kappa shape index (κ1) is 25.8. The van der Waals surface area contributed by atoms with Crippen molar-refractivity contribution in [3.63, 3.8) is 0 Å². The average molecular weight is 540 g/mol. The van der Waals surface area contributed by atoms with Crippen LogP contribution in [0.3, 0.4) is 0 Å². The Morgan fingerprint density at radius 3 is 2.37 bits per heavy atom. The lowest BCUT2D eigenvalue weighted by atomic mass is 9.93. The van der Waals surface area contributed by atoms with Crippen molar-refractivity contribution in [2.75, 3.05) is 0 Å². The molecule has 0 bridgehead atoms. The zero-order valence-corrected chi connectivity index (χ0v) is 22.3. The van der Waals surface area contributed by atoms with E-state index in [-0.39, 0.29) is 11.7 Å². The highest BCUT2D eigenvalue weighted by molar-refractivity contribution is 6.09. The third-order valence-corrected chi connectivity index (χ3v) is 7.25. The maximum absolute atomic E-state index is 13.1. The number of aryl methyl sites for hydroxylation is 1. The van der Waals surface area contributed by atoms with Crippen molar-refractivity contribution < 1.29 is 18.7 Å². The number of nitriles is 1. The Balaban J connectivity index is 1.19. The van der Waals surface area contributed by atoms with E-state index in [1.165, 1.54) is 0 Å². The Kier molecular flexibility index (Phi) is 6.88. The molecule has 0 saturated heterocycles. The molecule has 7 nitrogen and oxygen atoms in total. The van der Waals surface area contributed by atoms with Crippen LogP contribution in [0.2, 0.25) is 0 Å². The SMILES string of the molecule is Cc1c(C(=O)Oc2ccc(-c3ccc(C#N)cc3)cc2)oc2c1/C(=N/NC(=O)c1cccc3ccccc13)CCC2. The summed E-state index contributed by atoms with van der Waals surface area (Å²) in [5, 5.41) is 15.3. The van der Waals surface area contributed by atoms with Crippen molar-refractivity contribution in [2.24, 2.45) is 5.10 Å². The number of esters is 1. The van der Waals surface area contributed by atoms with Crippen molar-refractivity contribution >= 4 is 28.4 Å². The average Bonchev–Trinajstić information content (AvgIpc) is 3.37. The van der Waals surface area contributed by atoms with E-state index in [1.807, 2.05) is 60.7 Å². The Bertz CT molecular complexity index is 1850. The molecule has 0 atom stereocenters. The van der Waals surface area contributed by atoms with E-state index in [4.69, 9.17) is 14.4 Å². The van der Waals surface area contributed by atoms with Crippen LogP contribution in [0, 0.1) is 18.3 Å². The number of hydrogen-bond donors (Lipinski definition) is 1. The summed E-state index contributed by atoms with van der Waals surface area (Å²) in [6, 6.07) is 29.8. The number of rotatable bonds is 5. The standard InChI is InChI=1S/C34H25N3O4/c1-21-31-29(36-37-33(38)28-9-4-7-25-6-2-3-8-27(25)28)10-5-11-30(31)41-32(21)34(39)40-26-18-16-24(17-19-26)23-14-12-22(20-35)13-15-23/h2-4,6-9,12-19H,5,10-11H2,1H3,(H,37,38)/b36-29+. The number of benzene rings is 4. The predicted molar refractivity (Wildman–Crippen MR) is 156 cm³/mol. The molecule has 5 aromatic rings. The molecule has 4 aromatic carbocycles. The fourth-order valence-corrected chi connectivity index (χ4v) is 5.18. The molecule has 0 fully saturated rings. The monoisotopic (exact) mass is 539 g/mol. The summed E-state index contributed by atoms with van der Waals surface area (Å²) in [7, 11) is 0. The highest BCUT2D eigenvalue weighted by Gasteiger charge is 2.29. The lowest BCUT2D eigenvalue weighted by Crippen LogP contribution is -2.22. The highest BCUT2D eigenvalue weighted by atomic mass is 16.5. The van der Waals surface area contributed by atoms with Crippen LogP contribution in [0.5, 0.6) is 5.75 Å². The third kappa shape index (κ3) is 5.11. The molecule has 1 heterocycles. The van der Waals surface area contributed by atoms with Crippen molar-refractivity contribution in [1.82, 2.24) is 5.43 Å². The smallest absolute Gasteiger partial charge is 0.379 e. The zero-order valence-electron chi connectivity index (χ0n) is 22.3. The molecule has 0 aliphatic heterocycles. The number of furan rings is 1. The number of ether oxygens (including phenoxy) is 1. The van der Waals surface area contributed by atoms with Gasteiger partial charge in [0.05, 0.1) is 17.3 Å². The first-order chi connectivity index (χ1) is 20.0. The van der Waals surface area contributed by atoms with E-state index in [0.717, 1.165) is 33.9 Å². The number of amides is 1. The van der Waals surface area contributed by atoms with Crippen LogP contribution in [0.1, 0.15) is 56.2 Å². The Morgan fingerprint density at radius 2 is 1.61 bits per heavy atom. The van der Waals surface area contributed by atoms with E-state index in [1.54, 1.807) is 37.3 Å². The molecular weight excluding hydrogens is 514 g/mol. The summed E-state index contributed by atoms with van der Waals surface area (Å²) in [5.74, 6) is 0.280. The van der Waals surface area contributed by atoms with Gasteiger partial charge in [-0.1, -0.05) is 60.7 Å². The van der Waals surface area contributed by atoms with Gasteiger partial charge in [-0.05, 0) is 72.0 Å². The number of nitrogens with one attached hydrogen (secondary N) is 1. The molecule has 200 valence electrons. The maximum atomic E-state index is 13.1. The zero-order chi connectivity index (χ0) is 28.3. The number of hydrogen-bond acceptors (Lipinski definition) is 6.